The summed E-state index contributed by atoms with van der Waals surface area (Å²) in [4.78, 5) is 0. The van der Waals surface area contributed by atoms with Crippen LogP contribution >= 0.6 is 0 Å². The van der Waals surface area contributed by atoms with Gasteiger partial charge in [-0.2, -0.15) is 0 Å². The van der Waals surface area contributed by atoms with E-state index < -0.39 is 5.79 Å². The molecular formula is C16H18O4. The van der Waals surface area contributed by atoms with Gasteiger partial charge in [-0.1, -0.05) is 0 Å². The zero-order chi connectivity index (χ0) is 14.0. The van der Waals surface area contributed by atoms with Crippen LogP contribution in [0.15, 0.2) is 36.1 Å². The smallest absolute Gasteiger partial charge is 0.230 e. The van der Waals surface area contributed by atoms with Crippen molar-refractivity contribution in [3.8, 4) is 11.5 Å². The Kier molecular flexibility index (Phi) is 3.40. The number of rotatable bonds is 3. The summed E-state index contributed by atoms with van der Waals surface area (Å²) >= 11 is 0. The van der Waals surface area contributed by atoms with Crippen molar-refractivity contribution in [2.75, 3.05) is 20.8 Å². The van der Waals surface area contributed by atoms with Crippen LogP contribution < -0.4 is 9.47 Å². The molecule has 0 amide bonds. The van der Waals surface area contributed by atoms with Gasteiger partial charge < -0.3 is 18.9 Å². The maximum absolute atomic E-state index is 5.91. The molecule has 0 saturated carbocycles. The van der Waals surface area contributed by atoms with E-state index >= 15 is 0 Å². The SMILES string of the molecule is COc1ccc(/C=C2\C=CC3(CCCO3)O2)c(OC)c1. The standard InChI is InChI=1S/C16H18O4/c1-17-13-5-4-12(15(11-13)18-2)10-14-6-8-16(20-14)7-3-9-19-16/h4-6,8,10-11H,3,7,9H2,1-2H3/b14-10+. The largest absolute Gasteiger partial charge is 0.497 e. The van der Waals surface area contributed by atoms with Gasteiger partial charge in [0.1, 0.15) is 17.3 Å². The van der Waals surface area contributed by atoms with Crippen molar-refractivity contribution in [2.24, 2.45) is 0 Å². The Morgan fingerprint density at radius 2 is 2.15 bits per heavy atom. The fraction of sp³-hybridized carbons (Fsp3) is 0.375. The first-order chi connectivity index (χ1) is 9.74. The fourth-order valence-corrected chi connectivity index (χ4v) is 2.49. The average molecular weight is 274 g/mol. The lowest BCUT2D eigenvalue weighted by Gasteiger charge is -2.20. The third kappa shape index (κ3) is 2.39. The first-order valence-corrected chi connectivity index (χ1v) is 6.71. The van der Waals surface area contributed by atoms with Crippen LogP contribution in [0, 0.1) is 0 Å². The molecule has 2 heterocycles. The van der Waals surface area contributed by atoms with Crippen molar-refractivity contribution in [1.82, 2.24) is 0 Å². The minimum Gasteiger partial charge on any atom is -0.497 e. The van der Waals surface area contributed by atoms with Crippen LogP contribution in [0.1, 0.15) is 18.4 Å². The van der Waals surface area contributed by atoms with Gasteiger partial charge in [0, 0.05) is 18.1 Å². The van der Waals surface area contributed by atoms with Crippen molar-refractivity contribution in [3.63, 3.8) is 0 Å². The van der Waals surface area contributed by atoms with Gasteiger partial charge in [0.25, 0.3) is 0 Å². The second kappa shape index (κ2) is 5.21. The molecule has 1 aromatic rings. The van der Waals surface area contributed by atoms with Crippen molar-refractivity contribution in [3.05, 3.63) is 41.7 Å². The van der Waals surface area contributed by atoms with E-state index in [1.165, 1.54) is 0 Å². The normalized spacial score (nSPS) is 26.2. The van der Waals surface area contributed by atoms with Crippen LogP contribution in [-0.4, -0.2) is 26.6 Å². The molecule has 0 N–H and O–H groups in total. The molecule has 1 fully saturated rings. The lowest BCUT2D eigenvalue weighted by atomic mass is 10.1. The number of allylic oxidation sites excluding steroid dienone is 1. The third-order valence-corrected chi connectivity index (χ3v) is 3.55. The second-order valence-corrected chi connectivity index (χ2v) is 4.85. The van der Waals surface area contributed by atoms with E-state index in [1.807, 2.05) is 36.4 Å². The second-order valence-electron chi connectivity index (χ2n) is 4.85. The van der Waals surface area contributed by atoms with Gasteiger partial charge in [0.15, 0.2) is 0 Å². The Morgan fingerprint density at radius 1 is 1.25 bits per heavy atom. The first kappa shape index (κ1) is 13.1. The lowest BCUT2D eigenvalue weighted by molar-refractivity contribution is -0.135. The van der Waals surface area contributed by atoms with Gasteiger partial charge in [-0.3, -0.25) is 0 Å². The highest BCUT2D eigenvalue weighted by molar-refractivity contribution is 5.62. The first-order valence-electron chi connectivity index (χ1n) is 6.71. The van der Waals surface area contributed by atoms with Gasteiger partial charge in [-0.25, -0.2) is 0 Å². The highest BCUT2D eigenvalue weighted by Crippen LogP contribution is 2.37. The van der Waals surface area contributed by atoms with Gasteiger partial charge in [-0.05, 0) is 36.8 Å². The van der Waals surface area contributed by atoms with E-state index in [0.29, 0.717) is 0 Å². The minimum absolute atomic E-state index is 0.536. The highest BCUT2D eigenvalue weighted by atomic mass is 16.7. The van der Waals surface area contributed by atoms with Crippen molar-refractivity contribution >= 4 is 6.08 Å². The molecule has 4 heteroatoms. The maximum Gasteiger partial charge on any atom is 0.230 e. The van der Waals surface area contributed by atoms with Gasteiger partial charge in [-0.15, -0.1) is 0 Å². The molecule has 1 unspecified atom stereocenters. The van der Waals surface area contributed by atoms with Crippen LogP contribution in [0.3, 0.4) is 0 Å². The molecule has 20 heavy (non-hydrogen) atoms. The van der Waals surface area contributed by atoms with Crippen LogP contribution in [-0.2, 0) is 9.47 Å². The lowest BCUT2D eigenvalue weighted by Crippen LogP contribution is -2.24. The van der Waals surface area contributed by atoms with Crippen molar-refractivity contribution in [2.45, 2.75) is 18.6 Å². The molecule has 0 radical (unpaired) electrons. The summed E-state index contributed by atoms with van der Waals surface area (Å²) < 4.78 is 22.1. The zero-order valence-corrected chi connectivity index (χ0v) is 11.7. The molecule has 106 valence electrons. The molecule has 1 spiro atoms. The number of hydrogen-bond acceptors (Lipinski definition) is 4. The van der Waals surface area contributed by atoms with Gasteiger partial charge in [0.05, 0.1) is 20.8 Å². The number of ether oxygens (including phenoxy) is 4. The number of methoxy groups -OCH3 is 2. The summed E-state index contributed by atoms with van der Waals surface area (Å²) in [5.41, 5.74) is 0.947. The van der Waals surface area contributed by atoms with E-state index in [1.54, 1.807) is 14.2 Å². The molecule has 1 saturated heterocycles. The maximum atomic E-state index is 5.91. The van der Waals surface area contributed by atoms with E-state index in [9.17, 15) is 0 Å². The van der Waals surface area contributed by atoms with Crippen molar-refractivity contribution in [1.29, 1.82) is 0 Å². The summed E-state index contributed by atoms with van der Waals surface area (Å²) in [6.45, 7) is 0.753. The molecule has 2 aliphatic rings. The molecule has 0 aromatic heterocycles. The van der Waals surface area contributed by atoms with Crippen LogP contribution in [0.25, 0.3) is 6.08 Å². The van der Waals surface area contributed by atoms with E-state index in [2.05, 4.69) is 0 Å². The summed E-state index contributed by atoms with van der Waals surface area (Å²) in [5, 5.41) is 0. The van der Waals surface area contributed by atoms with Gasteiger partial charge >= 0.3 is 0 Å². The zero-order valence-electron chi connectivity index (χ0n) is 11.7. The molecule has 0 aliphatic carbocycles. The van der Waals surface area contributed by atoms with E-state index in [4.69, 9.17) is 18.9 Å². The fourth-order valence-electron chi connectivity index (χ4n) is 2.49. The Hall–Kier alpha value is -1.94. The Morgan fingerprint density at radius 3 is 2.85 bits per heavy atom. The Bertz CT molecular complexity index is 554. The van der Waals surface area contributed by atoms with Crippen LogP contribution in [0.4, 0.5) is 0 Å². The molecule has 0 bridgehead atoms. The third-order valence-electron chi connectivity index (χ3n) is 3.55. The molecule has 3 rings (SSSR count). The Labute approximate surface area is 118 Å². The predicted molar refractivity (Wildman–Crippen MR) is 75.7 cm³/mol. The highest BCUT2D eigenvalue weighted by Gasteiger charge is 2.38. The minimum atomic E-state index is -0.536. The summed E-state index contributed by atoms with van der Waals surface area (Å²) in [7, 11) is 3.28. The van der Waals surface area contributed by atoms with Crippen LogP contribution in [0.5, 0.6) is 11.5 Å². The van der Waals surface area contributed by atoms with Gasteiger partial charge in [0.2, 0.25) is 5.79 Å². The number of hydrogen-bond donors (Lipinski definition) is 0. The average Bonchev–Trinajstić information content (AvgIpc) is 3.10. The quantitative estimate of drug-likeness (QED) is 0.848. The van der Waals surface area contributed by atoms with Crippen LogP contribution in [0.2, 0.25) is 0 Å². The summed E-state index contributed by atoms with van der Waals surface area (Å²) in [5.74, 6) is 1.77. The monoisotopic (exact) mass is 274 g/mol. The predicted octanol–water partition coefficient (Wildman–Crippen LogP) is 3.14. The molecule has 2 aliphatic heterocycles. The summed E-state index contributed by atoms with van der Waals surface area (Å²) in [6.07, 6.45) is 7.83. The molecular weight excluding hydrogens is 256 g/mol. The van der Waals surface area contributed by atoms with Crippen molar-refractivity contribution < 1.29 is 18.9 Å². The molecule has 4 nitrogen and oxygen atoms in total. The summed E-state index contributed by atoms with van der Waals surface area (Å²) in [6, 6.07) is 5.70. The van der Waals surface area contributed by atoms with E-state index in [0.717, 1.165) is 42.3 Å². The van der Waals surface area contributed by atoms with E-state index in [-0.39, 0.29) is 0 Å². The molecule has 1 atom stereocenters. The topological polar surface area (TPSA) is 36.9 Å². The molecule has 1 aromatic carbocycles. The number of benzene rings is 1. The Balaban J connectivity index is 1.84.